The second kappa shape index (κ2) is 11.6. The number of hydrogen-bond donors (Lipinski definition) is 1. The first-order chi connectivity index (χ1) is 15.9. The molecule has 9 heteroatoms. The van der Waals surface area contributed by atoms with Crippen molar-refractivity contribution in [1.82, 2.24) is 9.73 Å². The van der Waals surface area contributed by atoms with E-state index in [9.17, 15) is 13.2 Å². The molecule has 7 nitrogen and oxygen atoms in total. The predicted octanol–water partition coefficient (Wildman–Crippen LogP) is 4.08. The molecule has 0 saturated carbocycles. The van der Waals surface area contributed by atoms with Crippen LogP contribution >= 0.6 is 11.6 Å². The Balaban J connectivity index is 1.77. The van der Waals surface area contributed by atoms with Crippen LogP contribution in [0.1, 0.15) is 18.1 Å². The number of ether oxygens (including phenoxy) is 1. The maximum absolute atomic E-state index is 13.2. The van der Waals surface area contributed by atoms with Gasteiger partial charge in [0.25, 0.3) is 5.91 Å². The minimum Gasteiger partial charge on any atom is -0.493 e. The second-order valence-corrected chi connectivity index (χ2v) is 9.35. The van der Waals surface area contributed by atoms with Gasteiger partial charge in [0.1, 0.15) is 5.75 Å². The lowest BCUT2D eigenvalue weighted by molar-refractivity contribution is -0.121. The number of rotatable bonds is 10. The van der Waals surface area contributed by atoms with E-state index in [4.69, 9.17) is 16.3 Å². The smallest absolute Gasteiger partial charge is 0.255 e. The molecule has 1 amide bonds. The summed E-state index contributed by atoms with van der Waals surface area (Å²) < 4.78 is 33.1. The maximum atomic E-state index is 13.2. The van der Waals surface area contributed by atoms with E-state index in [1.807, 2.05) is 37.3 Å². The second-order valence-electron chi connectivity index (χ2n) is 6.98. The summed E-state index contributed by atoms with van der Waals surface area (Å²) >= 11 is 5.90. The van der Waals surface area contributed by atoms with Crippen LogP contribution < -0.4 is 10.2 Å². The Kier molecular flexibility index (Phi) is 8.59. The molecular weight excluding hydrogens is 462 g/mol. The van der Waals surface area contributed by atoms with E-state index in [0.29, 0.717) is 22.9 Å². The van der Waals surface area contributed by atoms with Gasteiger partial charge in [0.05, 0.1) is 24.3 Å². The van der Waals surface area contributed by atoms with Crippen molar-refractivity contribution in [2.24, 2.45) is 5.10 Å². The number of para-hydroxylation sites is 1. The number of sulfonamides is 1. The fraction of sp³-hybridized carbons (Fsp3) is 0.167. The van der Waals surface area contributed by atoms with Crippen molar-refractivity contribution >= 4 is 33.7 Å². The molecule has 172 valence electrons. The normalized spacial score (nSPS) is 11.6. The van der Waals surface area contributed by atoms with Crippen molar-refractivity contribution < 1.29 is 17.9 Å². The largest absolute Gasteiger partial charge is 0.493 e. The molecule has 0 aliphatic heterocycles. The van der Waals surface area contributed by atoms with Gasteiger partial charge in [-0.1, -0.05) is 54.1 Å². The topological polar surface area (TPSA) is 88.1 Å². The molecule has 3 aromatic carbocycles. The number of benzene rings is 3. The Morgan fingerprint density at radius 2 is 1.70 bits per heavy atom. The van der Waals surface area contributed by atoms with Gasteiger partial charge in [-0.2, -0.15) is 9.41 Å². The molecule has 0 aromatic heterocycles. The van der Waals surface area contributed by atoms with Gasteiger partial charge in [0.15, 0.2) is 0 Å². The van der Waals surface area contributed by atoms with Crippen molar-refractivity contribution in [2.45, 2.75) is 18.4 Å². The first-order valence-electron chi connectivity index (χ1n) is 10.2. The summed E-state index contributed by atoms with van der Waals surface area (Å²) in [5.41, 5.74) is 3.83. The molecule has 0 radical (unpaired) electrons. The van der Waals surface area contributed by atoms with Crippen molar-refractivity contribution in [2.75, 3.05) is 13.2 Å². The lowest BCUT2D eigenvalue weighted by Gasteiger charge is -2.21. The van der Waals surface area contributed by atoms with Crippen molar-refractivity contribution in [3.63, 3.8) is 0 Å². The van der Waals surface area contributed by atoms with Gasteiger partial charge in [-0.25, -0.2) is 13.8 Å². The van der Waals surface area contributed by atoms with Crippen molar-refractivity contribution in [1.29, 1.82) is 0 Å². The quantitative estimate of drug-likeness (QED) is 0.346. The number of carbonyl (C=O) groups excluding carboxylic acids is 1. The molecule has 0 aliphatic rings. The molecule has 0 aliphatic carbocycles. The zero-order valence-electron chi connectivity index (χ0n) is 18.0. The molecule has 0 bridgehead atoms. The number of hydrogen-bond acceptors (Lipinski definition) is 5. The van der Waals surface area contributed by atoms with E-state index < -0.39 is 22.5 Å². The summed E-state index contributed by atoms with van der Waals surface area (Å²) in [5, 5.41) is 4.39. The summed E-state index contributed by atoms with van der Waals surface area (Å²) in [6, 6.07) is 22.1. The average molecular weight is 486 g/mol. The van der Waals surface area contributed by atoms with Crippen LogP contribution in [-0.2, 0) is 21.4 Å². The Labute approximate surface area is 198 Å². The Morgan fingerprint density at radius 1 is 1.03 bits per heavy atom. The van der Waals surface area contributed by atoms with Gasteiger partial charge in [0, 0.05) is 17.1 Å². The maximum Gasteiger partial charge on any atom is 0.255 e. The van der Waals surface area contributed by atoms with Gasteiger partial charge < -0.3 is 4.74 Å². The third kappa shape index (κ3) is 6.89. The molecule has 0 spiro atoms. The molecule has 0 fully saturated rings. The fourth-order valence-corrected chi connectivity index (χ4v) is 4.52. The van der Waals surface area contributed by atoms with Crippen molar-refractivity contribution in [3.05, 3.63) is 95.0 Å². The van der Waals surface area contributed by atoms with Crippen LogP contribution in [0.3, 0.4) is 0 Å². The number of nitrogens with zero attached hydrogens (tertiary/aromatic N) is 2. The van der Waals surface area contributed by atoms with Gasteiger partial charge in [-0.05, 0) is 48.9 Å². The minimum atomic E-state index is -3.96. The highest BCUT2D eigenvalue weighted by atomic mass is 35.5. The molecular formula is C24H24ClN3O4S. The highest BCUT2D eigenvalue weighted by Gasteiger charge is 2.27. The van der Waals surface area contributed by atoms with Gasteiger partial charge >= 0.3 is 0 Å². The summed E-state index contributed by atoms with van der Waals surface area (Å²) in [7, 11) is -3.96. The molecule has 0 unspecified atom stereocenters. The van der Waals surface area contributed by atoms with Crippen LogP contribution in [0.5, 0.6) is 5.75 Å². The highest BCUT2D eigenvalue weighted by molar-refractivity contribution is 7.89. The first-order valence-corrected chi connectivity index (χ1v) is 12.1. The van der Waals surface area contributed by atoms with Crippen LogP contribution in [-0.4, -0.2) is 38.0 Å². The van der Waals surface area contributed by atoms with Crippen molar-refractivity contribution in [3.8, 4) is 5.75 Å². The van der Waals surface area contributed by atoms with E-state index in [1.54, 1.807) is 24.3 Å². The standard InChI is InChI=1S/C24H24ClN3O4S/c1-2-32-23-11-7-6-10-20(23)16-26-27-24(29)18-28(17-19-8-4-3-5-9-19)33(30,31)22-14-12-21(25)13-15-22/h3-16H,2,17-18H2,1H3,(H,27,29)/b26-16-. The van der Waals surface area contributed by atoms with E-state index in [-0.39, 0.29) is 11.4 Å². The van der Waals surface area contributed by atoms with E-state index >= 15 is 0 Å². The third-order valence-corrected chi connectivity index (χ3v) is 6.64. The van der Waals surface area contributed by atoms with Crippen LogP contribution in [0, 0.1) is 0 Å². The zero-order valence-corrected chi connectivity index (χ0v) is 19.6. The Morgan fingerprint density at radius 3 is 2.39 bits per heavy atom. The lowest BCUT2D eigenvalue weighted by atomic mass is 10.2. The van der Waals surface area contributed by atoms with Gasteiger partial charge in [0.2, 0.25) is 10.0 Å². The average Bonchev–Trinajstić information content (AvgIpc) is 2.81. The summed E-state index contributed by atoms with van der Waals surface area (Å²) in [5.74, 6) is 0.0580. The zero-order chi connectivity index (χ0) is 23.7. The van der Waals surface area contributed by atoms with E-state index in [2.05, 4.69) is 10.5 Å². The molecule has 0 atom stereocenters. The Bertz CT molecular complexity index is 1200. The number of nitrogens with one attached hydrogen (secondary N) is 1. The van der Waals surface area contributed by atoms with Crippen LogP contribution in [0.2, 0.25) is 5.02 Å². The van der Waals surface area contributed by atoms with E-state index in [0.717, 1.165) is 9.87 Å². The SMILES string of the molecule is CCOc1ccccc1/C=N\NC(=O)CN(Cc1ccccc1)S(=O)(=O)c1ccc(Cl)cc1. The number of amides is 1. The van der Waals surface area contributed by atoms with Crippen LogP contribution in [0.15, 0.2) is 88.9 Å². The monoisotopic (exact) mass is 485 g/mol. The van der Waals surface area contributed by atoms with Crippen LogP contribution in [0.4, 0.5) is 0 Å². The summed E-state index contributed by atoms with van der Waals surface area (Å²) in [6.07, 6.45) is 1.46. The molecule has 1 N–H and O–H groups in total. The summed E-state index contributed by atoms with van der Waals surface area (Å²) in [4.78, 5) is 12.6. The third-order valence-electron chi connectivity index (χ3n) is 4.58. The number of carbonyl (C=O) groups is 1. The number of hydrazone groups is 1. The highest BCUT2D eigenvalue weighted by Crippen LogP contribution is 2.20. The van der Waals surface area contributed by atoms with Gasteiger partial charge in [-0.15, -0.1) is 0 Å². The molecule has 0 heterocycles. The molecule has 3 aromatic rings. The first kappa shape index (κ1) is 24.4. The summed E-state index contributed by atoms with van der Waals surface area (Å²) in [6.45, 7) is 1.98. The molecule has 3 rings (SSSR count). The van der Waals surface area contributed by atoms with Gasteiger partial charge in [-0.3, -0.25) is 4.79 Å². The lowest BCUT2D eigenvalue weighted by Crippen LogP contribution is -2.39. The fourth-order valence-electron chi connectivity index (χ4n) is 3.01. The molecule has 0 saturated heterocycles. The Hall–Kier alpha value is -3.20. The minimum absolute atomic E-state index is 0.0239. The number of halogens is 1. The van der Waals surface area contributed by atoms with E-state index in [1.165, 1.54) is 30.5 Å². The van der Waals surface area contributed by atoms with Crippen LogP contribution in [0.25, 0.3) is 0 Å². The molecule has 33 heavy (non-hydrogen) atoms. The predicted molar refractivity (Wildman–Crippen MR) is 129 cm³/mol.